The van der Waals surface area contributed by atoms with Gasteiger partial charge < -0.3 is 20.5 Å². The van der Waals surface area contributed by atoms with E-state index in [1.165, 1.54) is 0 Å². The zero-order chi connectivity index (χ0) is 24.1. The molecule has 0 aliphatic heterocycles. The molecule has 2 aliphatic carbocycles. The number of carbonyl (C=O) groups excluding carboxylic acids is 2. The van der Waals surface area contributed by atoms with Crippen LogP contribution < -0.4 is 10.6 Å². The van der Waals surface area contributed by atoms with E-state index in [1.807, 2.05) is 24.3 Å². The molecule has 0 saturated heterocycles. The molecule has 1 saturated carbocycles. The Balaban J connectivity index is 1.29. The molecule has 0 spiro atoms. The number of amides is 2. The van der Waals surface area contributed by atoms with Crippen molar-refractivity contribution in [2.24, 2.45) is 5.92 Å². The lowest BCUT2D eigenvalue weighted by molar-refractivity contribution is -0.140. The third kappa shape index (κ3) is 5.24. The summed E-state index contributed by atoms with van der Waals surface area (Å²) in [5, 5.41) is 15.0. The second-order valence-corrected chi connectivity index (χ2v) is 9.51. The highest BCUT2D eigenvalue weighted by Crippen LogP contribution is 2.44. The van der Waals surface area contributed by atoms with Crippen molar-refractivity contribution in [3.8, 4) is 11.1 Å². The Bertz CT molecular complexity index is 1010. The first-order valence-electron chi connectivity index (χ1n) is 12.0. The Morgan fingerprint density at radius 2 is 1.59 bits per heavy atom. The molecule has 0 aromatic heterocycles. The summed E-state index contributed by atoms with van der Waals surface area (Å²) in [6, 6.07) is 16.3. The molecule has 1 fully saturated rings. The predicted molar refractivity (Wildman–Crippen MR) is 128 cm³/mol. The predicted octanol–water partition coefficient (Wildman–Crippen LogP) is 4.46. The summed E-state index contributed by atoms with van der Waals surface area (Å²) in [7, 11) is 0. The summed E-state index contributed by atoms with van der Waals surface area (Å²) >= 11 is 0. The number of carboxylic acid groups (broad SMARTS) is 1. The highest BCUT2D eigenvalue weighted by molar-refractivity contribution is 5.81. The van der Waals surface area contributed by atoms with Gasteiger partial charge in [0.25, 0.3) is 0 Å². The first kappa shape index (κ1) is 23.8. The van der Waals surface area contributed by atoms with Crippen molar-refractivity contribution in [3.63, 3.8) is 0 Å². The van der Waals surface area contributed by atoms with Crippen LogP contribution in [0.5, 0.6) is 0 Å². The Labute approximate surface area is 199 Å². The van der Waals surface area contributed by atoms with Gasteiger partial charge in [-0.3, -0.25) is 9.59 Å². The van der Waals surface area contributed by atoms with Crippen LogP contribution in [0, 0.1) is 5.92 Å². The van der Waals surface area contributed by atoms with Gasteiger partial charge in [-0.15, -0.1) is 0 Å². The smallest absolute Gasteiger partial charge is 0.407 e. The second-order valence-electron chi connectivity index (χ2n) is 9.51. The standard InChI is InChI=1S/C27H32N2O5/c1-18(25(32)29-27(15-24(30)31)13-7-2-8-14-27)16-28-26(33)34-17-23-21-11-5-3-9-19(21)20-10-4-6-12-22(20)23/h3-6,9-12,18,23H,2,7-8,13-17H2,1H3,(H,28,33)(H,29,32)(H,30,31). The lowest BCUT2D eigenvalue weighted by atomic mass is 9.79. The summed E-state index contributed by atoms with van der Waals surface area (Å²) in [4.78, 5) is 36.5. The number of benzene rings is 2. The maximum Gasteiger partial charge on any atom is 0.407 e. The number of fused-ring (bicyclic) bond motifs is 3. The van der Waals surface area contributed by atoms with Crippen LogP contribution in [0.2, 0.25) is 0 Å². The molecule has 1 unspecified atom stereocenters. The normalized spacial score (nSPS) is 17.2. The fourth-order valence-corrected chi connectivity index (χ4v) is 5.23. The summed E-state index contributed by atoms with van der Waals surface area (Å²) in [5.41, 5.74) is 3.91. The number of hydrogen-bond donors (Lipinski definition) is 3. The van der Waals surface area contributed by atoms with Gasteiger partial charge in [0.2, 0.25) is 5.91 Å². The van der Waals surface area contributed by atoms with E-state index in [1.54, 1.807) is 6.92 Å². The van der Waals surface area contributed by atoms with E-state index < -0.39 is 23.5 Å². The SMILES string of the molecule is CC(CNC(=O)OCC1c2ccccc2-c2ccccc21)C(=O)NC1(CC(=O)O)CCCCC1. The van der Waals surface area contributed by atoms with Crippen LogP contribution in [0.15, 0.2) is 48.5 Å². The third-order valence-electron chi connectivity index (χ3n) is 7.03. The fraction of sp³-hybridized carbons (Fsp3) is 0.444. The molecule has 0 bridgehead atoms. The maximum atomic E-state index is 12.8. The van der Waals surface area contributed by atoms with Crippen molar-refractivity contribution in [1.29, 1.82) is 0 Å². The molecule has 1 atom stereocenters. The number of nitrogens with one attached hydrogen (secondary N) is 2. The van der Waals surface area contributed by atoms with Crippen molar-refractivity contribution in [1.82, 2.24) is 10.6 Å². The molecule has 0 heterocycles. The number of carbonyl (C=O) groups is 3. The lowest BCUT2D eigenvalue weighted by Gasteiger charge is -2.37. The molecule has 34 heavy (non-hydrogen) atoms. The molecule has 180 valence electrons. The van der Waals surface area contributed by atoms with Crippen LogP contribution in [-0.4, -0.2) is 41.8 Å². The minimum absolute atomic E-state index is 0.0268. The molecule has 7 nitrogen and oxygen atoms in total. The summed E-state index contributed by atoms with van der Waals surface area (Å²) in [6.07, 6.45) is 3.54. The highest BCUT2D eigenvalue weighted by Gasteiger charge is 2.37. The van der Waals surface area contributed by atoms with Crippen molar-refractivity contribution in [3.05, 3.63) is 59.7 Å². The minimum atomic E-state index is -0.911. The van der Waals surface area contributed by atoms with Crippen LogP contribution in [0.3, 0.4) is 0 Å². The van der Waals surface area contributed by atoms with Gasteiger partial charge in [0, 0.05) is 12.5 Å². The summed E-state index contributed by atoms with van der Waals surface area (Å²) in [6.45, 7) is 2.05. The van der Waals surface area contributed by atoms with Gasteiger partial charge in [0.15, 0.2) is 0 Å². The van der Waals surface area contributed by atoms with Crippen LogP contribution in [0.25, 0.3) is 11.1 Å². The third-order valence-corrected chi connectivity index (χ3v) is 7.03. The monoisotopic (exact) mass is 464 g/mol. The molecule has 0 radical (unpaired) electrons. The van der Waals surface area contributed by atoms with Crippen molar-refractivity contribution in [2.75, 3.05) is 13.2 Å². The highest BCUT2D eigenvalue weighted by atomic mass is 16.5. The minimum Gasteiger partial charge on any atom is -0.481 e. The number of alkyl carbamates (subject to hydrolysis) is 1. The largest absolute Gasteiger partial charge is 0.481 e. The molecular formula is C27H32N2O5. The van der Waals surface area contributed by atoms with Crippen molar-refractivity contribution < 1.29 is 24.2 Å². The van der Waals surface area contributed by atoms with Crippen LogP contribution >= 0.6 is 0 Å². The topological polar surface area (TPSA) is 105 Å². The molecule has 2 amide bonds. The van der Waals surface area contributed by atoms with Crippen LogP contribution in [0.4, 0.5) is 4.79 Å². The van der Waals surface area contributed by atoms with Gasteiger partial charge in [-0.25, -0.2) is 4.79 Å². The van der Waals surface area contributed by atoms with Crippen molar-refractivity contribution >= 4 is 18.0 Å². The molecule has 4 rings (SSSR count). The average Bonchev–Trinajstić information content (AvgIpc) is 3.15. The zero-order valence-corrected chi connectivity index (χ0v) is 19.5. The molecule has 2 aromatic rings. The Hall–Kier alpha value is -3.35. The van der Waals surface area contributed by atoms with Gasteiger partial charge >= 0.3 is 12.1 Å². The summed E-state index contributed by atoms with van der Waals surface area (Å²) in [5.74, 6) is -1.69. The van der Waals surface area contributed by atoms with E-state index in [0.717, 1.165) is 41.5 Å². The average molecular weight is 465 g/mol. The quantitative estimate of drug-likeness (QED) is 0.535. The van der Waals surface area contributed by atoms with Gasteiger partial charge in [-0.1, -0.05) is 74.7 Å². The van der Waals surface area contributed by atoms with Gasteiger partial charge in [-0.05, 0) is 35.1 Å². The van der Waals surface area contributed by atoms with E-state index in [4.69, 9.17) is 4.74 Å². The molecule has 2 aliphatic rings. The fourth-order valence-electron chi connectivity index (χ4n) is 5.23. The Morgan fingerprint density at radius 1 is 1.00 bits per heavy atom. The lowest BCUT2D eigenvalue weighted by Crippen LogP contribution is -2.53. The van der Waals surface area contributed by atoms with Crippen LogP contribution in [-0.2, 0) is 14.3 Å². The van der Waals surface area contributed by atoms with Gasteiger partial charge in [0.05, 0.1) is 17.9 Å². The number of carboxylic acids is 1. The number of rotatable bonds is 8. The second kappa shape index (κ2) is 10.3. The van der Waals surface area contributed by atoms with Gasteiger partial charge in [0.1, 0.15) is 6.61 Å². The Kier molecular flexibility index (Phi) is 7.20. The summed E-state index contributed by atoms with van der Waals surface area (Å²) < 4.78 is 5.53. The molecule has 2 aromatic carbocycles. The van der Waals surface area contributed by atoms with E-state index in [-0.39, 0.29) is 31.4 Å². The molecular weight excluding hydrogens is 432 g/mol. The maximum absolute atomic E-state index is 12.8. The number of hydrogen-bond acceptors (Lipinski definition) is 4. The number of aliphatic carboxylic acids is 1. The first-order chi connectivity index (χ1) is 16.4. The zero-order valence-electron chi connectivity index (χ0n) is 19.5. The Morgan fingerprint density at radius 3 is 2.18 bits per heavy atom. The van der Waals surface area contributed by atoms with E-state index >= 15 is 0 Å². The van der Waals surface area contributed by atoms with Crippen molar-refractivity contribution in [2.45, 2.75) is 56.9 Å². The molecule has 3 N–H and O–H groups in total. The van der Waals surface area contributed by atoms with Crippen LogP contribution in [0.1, 0.15) is 62.5 Å². The van der Waals surface area contributed by atoms with E-state index in [9.17, 15) is 19.5 Å². The first-order valence-corrected chi connectivity index (χ1v) is 12.0. The van der Waals surface area contributed by atoms with E-state index in [2.05, 4.69) is 34.9 Å². The van der Waals surface area contributed by atoms with Gasteiger partial charge in [-0.2, -0.15) is 0 Å². The number of ether oxygens (including phenoxy) is 1. The van der Waals surface area contributed by atoms with E-state index in [0.29, 0.717) is 12.8 Å². The molecule has 7 heteroatoms.